The molecule has 78 valence electrons. The molecule has 0 aliphatic heterocycles. The van der Waals surface area contributed by atoms with Crippen LogP contribution >= 0.6 is 0 Å². The van der Waals surface area contributed by atoms with Crippen LogP contribution < -0.4 is 0 Å². The first-order valence-electron chi connectivity index (χ1n) is 5.14. The van der Waals surface area contributed by atoms with Gasteiger partial charge in [0, 0.05) is 10.8 Å². The Morgan fingerprint density at radius 2 is 1.69 bits per heavy atom. The minimum absolute atomic E-state index is 0.127. The lowest BCUT2D eigenvalue weighted by atomic mass is 10.00. The number of nitro groups is 1. The highest BCUT2D eigenvalue weighted by Gasteiger charge is 2.08. The van der Waals surface area contributed by atoms with E-state index >= 15 is 0 Å². The fourth-order valence-electron chi connectivity index (χ4n) is 1.39. The summed E-state index contributed by atoms with van der Waals surface area (Å²) >= 11 is 0. The van der Waals surface area contributed by atoms with Gasteiger partial charge in [0.25, 0.3) is 0 Å². The van der Waals surface area contributed by atoms with E-state index in [1.165, 1.54) is 12.8 Å². The fourth-order valence-corrected chi connectivity index (χ4v) is 1.39. The predicted molar refractivity (Wildman–Crippen MR) is 54.3 cm³/mol. The topological polar surface area (TPSA) is 43.1 Å². The van der Waals surface area contributed by atoms with Crippen LogP contribution in [0.15, 0.2) is 0 Å². The van der Waals surface area contributed by atoms with Crippen molar-refractivity contribution in [1.29, 1.82) is 0 Å². The molecule has 0 fully saturated rings. The van der Waals surface area contributed by atoms with Gasteiger partial charge in [-0.25, -0.2) is 0 Å². The molecule has 13 heavy (non-hydrogen) atoms. The first kappa shape index (κ1) is 12.4. The van der Waals surface area contributed by atoms with Crippen molar-refractivity contribution >= 4 is 0 Å². The van der Waals surface area contributed by atoms with Gasteiger partial charge in [-0.2, -0.15) is 0 Å². The molecule has 3 nitrogen and oxygen atoms in total. The molecule has 3 heteroatoms. The van der Waals surface area contributed by atoms with Gasteiger partial charge in [0.05, 0.1) is 0 Å². The van der Waals surface area contributed by atoms with Crippen LogP contribution in [0, 0.1) is 22.0 Å². The largest absolute Gasteiger partial charge is 0.265 e. The highest BCUT2D eigenvalue weighted by atomic mass is 16.6. The third-order valence-corrected chi connectivity index (χ3v) is 2.19. The van der Waals surface area contributed by atoms with Crippen LogP contribution in [0.5, 0.6) is 0 Å². The monoisotopic (exact) mass is 187 g/mol. The summed E-state index contributed by atoms with van der Waals surface area (Å²) in [6.07, 6.45) is 4.58. The molecule has 0 rings (SSSR count). The van der Waals surface area contributed by atoms with E-state index in [9.17, 15) is 10.1 Å². The molecule has 0 aliphatic rings. The third-order valence-electron chi connectivity index (χ3n) is 2.19. The Bertz CT molecular complexity index is 146. The molecular formula is C10H21NO2. The molecule has 0 spiro atoms. The van der Waals surface area contributed by atoms with Crippen LogP contribution in [0.1, 0.15) is 46.5 Å². The molecule has 0 bridgehead atoms. The molecule has 0 N–H and O–H groups in total. The van der Waals surface area contributed by atoms with E-state index in [0.29, 0.717) is 0 Å². The van der Waals surface area contributed by atoms with E-state index in [1.807, 2.05) is 6.92 Å². The van der Waals surface area contributed by atoms with E-state index in [-0.39, 0.29) is 17.4 Å². The molecule has 0 aromatic carbocycles. The zero-order valence-corrected chi connectivity index (χ0v) is 8.95. The van der Waals surface area contributed by atoms with Crippen molar-refractivity contribution in [3.63, 3.8) is 0 Å². The summed E-state index contributed by atoms with van der Waals surface area (Å²) in [4.78, 5) is 9.94. The van der Waals surface area contributed by atoms with Crippen molar-refractivity contribution < 1.29 is 4.92 Å². The summed E-state index contributed by atoms with van der Waals surface area (Å²) in [5.41, 5.74) is 0. The van der Waals surface area contributed by atoms with Gasteiger partial charge in [-0.1, -0.05) is 40.0 Å². The van der Waals surface area contributed by atoms with Gasteiger partial charge in [-0.3, -0.25) is 10.1 Å². The second kappa shape index (κ2) is 6.87. The van der Waals surface area contributed by atoms with E-state index in [4.69, 9.17) is 0 Å². The summed E-state index contributed by atoms with van der Waals surface area (Å²) < 4.78 is 0. The normalized spacial score (nSPS) is 13.2. The van der Waals surface area contributed by atoms with Gasteiger partial charge in [-0.15, -0.1) is 0 Å². The van der Waals surface area contributed by atoms with Crippen LogP contribution in [0.4, 0.5) is 0 Å². The SMILES string of the molecule is CC(C)CCCCC(C)C[N+](=O)[O-]. The Kier molecular flexibility index (Phi) is 6.55. The number of nitrogens with zero attached hydrogens (tertiary/aromatic N) is 1. The molecule has 1 unspecified atom stereocenters. The number of rotatable bonds is 7. The van der Waals surface area contributed by atoms with Gasteiger partial charge < -0.3 is 0 Å². The number of hydrogen-bond acceptors (Lipinski definition) is 2. The predicted octanol–water partition coefficient (Wildman–Crippen LogP) is 3.12. The minimum atomic E-state index is -0.215. The van der Waals surface area contributed by atoms with Gasteiger partial charge >= 0.3 is 0 Å². The molecule has 0 radical (unpaired) electrons. The summed E-state index contributed by atoms with van der Waals surface area (Å²) in [7, 11) is 0. The Balaban J connectivity index is 3.26. The van der Waals surface area contributed by atoms with E-state index < -0.39 is 0 Å². The highest BCUT2D eigenvalue weighted by molar-refractivity contribution is 4.53. The molecule has 0 aromatic heterocycles. The van der Waals surface area contributed by atoms with Crippen LogP contribution in [0.25, 0.3) is 0 Å². The first-order valence-corrected chi connectivity index (χ1v) is 5.14. The zero-order chi connectivity index (χ0) is 10.3. The molecule has 0 amide bonds. The fraction of sp³-hybridized carbons (Fsp3) is 1.00. The van der Waals surface area contributed by atoms with Gasteiger partial charge in [0.15, 0.2) is 0 Å². The van der Waals surface area contributed by atoms with Crippen molar-refractivity contribution in [3.05, 3.63) is 10.1 Å². The average Bonchev–Trinajstić information content (AvgIpc) is 1.96. The van der Waals surface area contributed by atoms with E-state index in [0.717, 1.165) is 18.8 Å². The van der Waals surface area contributed by atoms with Crippen LogP contribution in [-0.4, -0.2) is 11.5 Å². The van der Waals surface area contributed by atoms with Crippen LogP contribution in [0.3, 0.4) is 0 Å². The lowest BCUT2D eigenvalue weighted by molar-refractivity contribution is -0.487. The quantitative estimate of drug-likeness (QED) is 0.349. The first-order chi connectivity index (χ1) is 6.02. The average molecular weight is 187 g/mol. The van der Waals surface area contributed by atoms with Gasteiger partial charge in [-0.05, 0) is 12.3 Å². The lowest BCUT2D eigenvalue weighted by Gasteiger charge is -2.07. The van der Waals surface area contributed by atoms with Crippen LogP contribution in [-0.2, 0) is 0 Å². The maximum Gasteiger partial charge on any atom is 0.206 e. The van der Waals surface area contributed by atoms with Crippen molar-refractivity contribution in [2.75, 3.05) is 6.54 Å². The van der Waals surface area contributed by atoms with Crippen molar-refractivity contribution in [2.45, 2.75) is 46.5 Å². The Morgan fingerprint density at radius 1 is 1.15 bits per heavy atom. The zero-order valence-electron chi connectivity index (χ0n) is 8.95. The summed E-state index contributed by atoms with van der Waals surface area (Å²) in [5.74, 6) is 0.994. The Labute approximate surface area is 80.7 Å². The van der Waals surface area contributed by atoms with Gasteiger partial charge in [0.1, 0.15) is 0 Å². The second-order valence-corrected chi connectivity index (χ2v) is 4.30. The molecular weight excluding hydrogens is 166 g/mol. The summed E-state index contributed by atoms with van der Waals surface area (Å²) in [5, 5.41) is 10.2. The molecule has 0 saturated carbocycles. The Hall–Kier alpha value is -0.600. The van der Waals surface area contributed by atoms with E-state index in [2.05, 4.69) is 13.8 Å². The summed E-state index contributed by atoms with van der Waals surface area (Å²) in [6.45, 7) is 6.50. The minimum Gasteiger partial charge on any atom is -0.265 e. The van der Waals surface area contributed by atoms with E-state index in [1.54, 1.807) is 0 Å². The van der Waals surface area contributed by atoms with Crippen molar-refractivity contribution in [1.82, 2.24) is 0 Å². The third kappa shape index (κ3) is 9.31. The summed E-state index contributed by atoms with van der Waals surface area (Å²) in [6, 6.07) is 0. The molecule has 0 aromatic rings. The second-order valence-electron chi connectivity index (χ2n) is 4.30. The van der Waals surface area contributed by atoms with Gasteiger partial charge in [0.2, 0.25) is 6.54 Å². The maximum atomic E-state index is 10.2. The van der Waals surface area contributed by atoms with Crippen molar-refractivity contribution in [3.8, 4) is 0 Å². The molecule has 0 saturated heterocycles. The maximum absolute atomic E-state index is 10.2. The molecule has 0 heterocycles. The number of hydrogen-bond donors (Lipinski definition) is 0. The van der Waals surface area contributed by atoms with Crippen molar-refractivity contribution in [2.24, 2.45) is 11.8 Å². The number of unbranched alkanes of at least 4 members (excludes halogenated alkanes) is 1. The molecule has 0 aliphatic carbocycles. The standard InChI is InChI=1S/C10H21NO2/c1-9(2)6-4-5-7-10(3)8-11(12)13/h9-10H,4-8H2,1-3H3. The smallest absolute Gasteiger partial charge is 0.206 e. The molecule has 1 atom stereocenters. The Morgan fingerprint density at radius 3 is 2.15 bits per heavy atom. The van der Waals surface area contributed by atoms with Crippen LogP contribution in [0.2, 0.25) is 0 Å². The lowest BCUT2D eigenvalue weighted by Crippen LogP contribution is -2.10. The highest BCUT2D eigenvalue weighted by Crippen LogP contribution is 2.12.